The highest BCUT2D eigenvalue weighted by Crippen LogP contribution is 2.17. The summed E-state index contributed by atoms with van der Waals surface area (Å²) in [7, 11) is 0. The number of ether oxygens (including phenoxy) is 1. The largest absolute Gasteiger partial charge is 0.462 e. The molecule has 0 aliphatic carbocycles. The number of amides is 1. The third-order valence-corrected chi connectivity index (χ3v) is 10.8. The number of hydrogen-bond acceptors (Lipinski definition) is 5. The van der Waals surface area contributed by atoms with Gasteiger partial charge in [-0.3, -0.25) is 9.59 Å². The third kappa shape index (κ3) is 41.8. The first kappa shape index (κ1) is 56.3. The molecule has 59 heavy (non-hydrogen) atoms. The van der Waals surface area contributed by atoms with Crippen LogP contribution in [0.2, 0.25) is 0 Å². The molecule has 3 unspecified atom stereocenters. The molecule has 6 nitrogen and oxygen atoms in total. The van der Waals surface area contributed by atoms with Crippen molar-refractivity contribution in [1.29, 1.82) is 0 Å². The van der Waals surface area contributed by atoms with E-state index >= 15 is 0 Å². The lowest BCUT2D eigenvalue weighted by molar-refractivity contribution is -0.150. The van der Waals surface area contributed by atoms with Crippen LogP contribution in [0, 0.1) is 0 Å². The quantitative estimate of drug-likeness (QED) is 0.0323. The minimum absolute atomic E-state index is 0.0465. The normalized spacial score (nSPS) is 13.9. The minimum atomic E-state index is -0.799. The first-order chi connectivity index (χ1) is 29.0. The Bertz CT molecular complexity index is 1110. The lowest BCUT2D eigenvalue weighted by Gasteiger charge is -2.24. The highest BCUT2D eigenvalue weighted by Gasteiger charge is 2.24. The molecule has 0 fully saturated rings. The molecule has 0 aromatic heterocycles. The van der Waals surface area contributed by atoms with E-state index < -0.39 is 18.2 Å². The van der Waals surface area contributed by atoms with Gasteiger partial charge in [0.15, 0.2) is 0 Å². The maximum absolute atomic E-state index is 13.1. The van der Waals surface area contributed by atoms with Crippen LogP contribution in [0.25, 0.3) is 0 Å². The molecule has 6 heteroatoms. The molecular weight excluding hydrogens is 731 g/mol. The zero-order chi connectivity index (χ0) is 43.1. The fourth-order valence-electron chi connectivity index (χ4n) is 7.10. The topological polar surface area (TPSA) is 95.9 Å². The Kier molecular flexibility index (Phi) is 44.2. The predicted molar refractivity (Wildman–Crippen MR) is 255 cm³/mol. The number of rotatable bonds is 43. The molecule has 1 amide bonds. The second kappa shape index (κ2) is 46.4. The maximum atomic E-state index is 13.1. The van der Waals surface area contributed by atoms with Gasteiger partial charge < -0.3 is 20.3 Å². The molecule has 0 aliphatic rings. The molecule has 0 saturated carbocycles. The summed E-state index contributed by atoms with van der Waals surface area (Å²) >= 11 is 0. The molecule has 0 bridgehead atoms. The highest BCUT2D eigenvalue weighted by atomic mass is 16.5. The van der Waals surface area contributed by atoms with Gasteiger partial charge in [-0.25, -0.2) is 0 Å². The van der Waals surface area contributed by atoms with E-state index in [9.17, 15) is 19.8 Å². The van der Waals surface area contributed by atoms with Crippen LogP contribution in [0.1, 0.15) is 226 Å². The lowest BCUT2D eigenvalue weighted by Crippen LogP contribution is -2.46. The van der Waals surface area contributed by atoms with Gasteiger partial charge in [-0.1, -0.05) is 222 Å². The Morgan fingerprint density at radius 2 is 0.881 bits per heavy atom. The first-order valence-corrected chi connectivity index (χ1v) is 24.7. The third-order valence-electron chi connectivity index (χ3n) is 10.8. The average molecular weight is 824 g/mol. The van der Waals surface area contributed by atoms with Gasteiger partial charge in [-0.2, -0.15) is 0 Å². The van der Waals surface area contributed by atoms with Crippen molar-refractivity contribution >= 4 is 11.9 Å². The minimum Gasteiger partial charge on any atom is -0.462 e. The molecule has 0 spiro atoms. The van der Waals surface area contributed by atoms with Gasteiger partial charge in [0.25, 0.3) is 0 Å². The number of carbonyl (C=O) groups is 2. The van der Waals surface area contributed by atoms with Gasteiger partial charge in [0.1, 0.15) is 6.10 Å². The Morgan fingerprint density at radius 1 is 0.508 bits per heavy atom. The number of hydrogen-bond donors (Lipinski definition) is 3. The first-order valence-electron chi connectivity index (χ1n) is 24.7. The number of carbonyl (C=O) groups excluding carboxylic acids is 2. The van der Waals surface area contributed by atoms with E-state index in [0.29, 0.717) is 19.3 Å². The van der Waals surface area contributed by atoms with Gasteiger partial charge >= 0.3 is 5.97 Å². The van der Waals surface area contributed by atoms with Crippen LogP contribution in [0.4, 0.5) is 0 Å². The van der Waals surface area contributed by atoms with Crippen LogP contribution in [0.3, 0.4) is 0 Å². The Balaban J connectivity index is 4.66. The summed E-state index contributed by atoms with van der Waals surface area (Å²) in [6, 6.07) is -0.715. The van der Waals surface area contributed by atoms with E-state index in [2.05, 4.69) is 92.9 Å². The highest BCUT2D eigenvalue weighted by molar-refractivity contribution is 5.77. The van der Waals surface area contributed by atoms with Crippen LogP contribution in [0.15, 0.2) is 72.9 Å². The molecule has 0 saturated heterocycles. The van der Waals surface area contributed by atoms with Crippen LogP contribution in [0.5, 0.6) is 0 Å². The van der Waals surface area contributed by atoms with Gasteiger partial charge in [0.05, 0.1) is 25.2 Å². The van der Waals surface area contributed by atoms with Crippen molar-refractivity contribution in [3.63, 3.8) is 0 Å². The van der Waals surface area contributed by atoms with E-state index in [1.54, 1.807) is 0 Å². The van der Waals surface area contributed by atoms with Crippen LogP contribution in [-0.2, 0) is 14.3 Å². The summed E-state index contributed by atoms with van der Waals surface area (Å²) in [4.78, 5) is 26.0. The van der Waals surface area contributed by atoms with Crippen molar-refractivity contribution in [3.05, 3.63) is 72.9 Å². The lowest BCUT2D eigenvalue weighted by atomic mass is 10.0. The van der Waals surface area contributed by atoms with Crippen molar-refractivity contribution in [2.45, 2.75) is 244 Å². The molecule has 3 N–H and O–H groups in total. The zero-order valence-electron chi connectivity index (χ0n) is 38.6. The van der Waals surface area contributed by atoms with E-state index in [0.717, 1.165) is 77.0 Å². The second-order valence-electron chi connectivity index (χ2n) is 16.5. The van der Waals surface area contributed by atoms with Crippen molar-refractivity contribution < 1.29 is 24.5 Å². The number of allylic oxidation sites excluding steroid dienone is 12. The zero-order valence-corrected chi connectivity index (χ0v) is 38.6. The monoisotopic (exact) mass is 824 g/mol. The van der Waals surface area contributed by atoms with Gasteiger partial charge in [0.2, 0.25) is 5.91 Å². The maximum Gasteiger partial charge on any atom is 0.306 e. The summed E-state index contributed by atoms with van der Waals surface area (Å²) in [5.74, 6) is -0.575. The molecule has 0 heterocycles. The molecule has 0 aromatic rings. The predicted octanol–water partition coefficient (Wildman–Crippen LogP) is 14.6. The summed E-state index contributed by atoms with van der Waals surface area (Å²) in [6.07, 6.45) is 58.3. The van der Waals surface area contributed by atoms with Crippen molar-refractivity contribution in [3.8, 4) is 0 Å². The van der Waals surface area contributed by atoms with E-state index in [1.165, 1.54) is 96.3 Å². The Labute approximate surface area is 364 Å². The molecule has 340 valence electrons. The molecule has 0 aliphatic heterocycles. The van der Waals surface area contributed by atoms with E-state index in [1.807, 2.05) is 6.08 Å². The smallest absolute Gasteiger partial charge is 0.306 e. The van der Waals surface area contributed by atoms with Gasteiger partial charge in [-0.15, -0.1) is 0 Å². The fourth-order valence-corrected chi connectivity index (χ4v) is 7.10. The van der Waals surface area contributed by atoms with Crippen LogP contribution >= 0.6 is 0 Å². The molecule has 0 radical (unpaired) electrons. The number of nitrogens with one attached hydrogen (secondary N) is 1. The standard InChI is InChI=1S/C53H93NO5/c1-4-7-10-13-16-19-22-23-24-25-26-27-28-29-31-34-37-40-43-46-53(58)59-49(44-41-38-35-32-30-20-17-14-11-8-5-2)47-52(57)54-50(48-55)51(56)45-42-39-36-33-21-18-15-12-9-6-3/h7,10,16,19,23-24,26-27,29,31,37,40,49-51,55-56H,4-6,8-9,11-15,17-18,20-22,25,28,30,32-36,38-39,41-48H2,1-3H3,(H,54,57)/b10-7-,19-16-,24-23-,27-26-,31-29-,40-37-. The second-order valence-corrected chi connectivity index (χ2v) is 16.5. The Hall–Kier alpha value is -2.70. The van der Waals surface area contributed by atoms with Crippen LogP contribution in [-0.4, -0.2) is 46.9 Å². The average Bonchev–Trinajstić information content (AvgIpc) is 3.23. The molecular formula is C53H93NO5. The van der Waals surface area contributed by atoms with Gasteiger partial charge in [0, 0.05) is 6.42 Å². The summed E-state index contributed by atoms with van der Waals surface area (Å²) in [5, 5.41) is 23.6. The van der Waals surface area contributed by atoms with Crippen molar-refractivity contribution in [1.82, 2.24) is 5.32 Å². The Morgan fingerprint density at radius 3 is 1.29 bits per heavy atom. The number of unbranched alkanes of at least 4 members (excludes halogenated alkanes) is 19. The van der Waals surface area contributed by atoms with Gasteiger partial charge in [-0.05, 0) is 64.2 Å². The summed E-state index contributed by atoms with van der Waals surface area (Å²) in [6.45, 7) is 6.33. The molecule has 3 atom stereocenters. The number of aliphatic hydroxyl groups excluding tert-OH is 2. The van der Waals surface area contributed by atoms with E-state index in [4.69, 9.17) is 4.74 Å². The van der Waals surface area contributed by atoms with E-state index in [-0.39, 0.29) is 31.3 Å². The number of aliphatic hydroxyl groups is 2. The van der Waals surface area contributed by atoms with Crippen molar-refractivity contribution in [2.24, 2.45) is 0 Å². The molecule has 0 aromatic carbocycles. The summed E-state index contributed by atoms with van der Waals surface area (Å²) < 4.78 is 5.87. The summed E-state index contributed by atoms with van der Waals surface area (Å²) in [5.41, 5.74) is 0. The molecule has 0 rings (SSSR count). The van der Waals surface area contributed by atoms with Crippen LogP contribution < -0.4 is 5.32 Å². The van der Waals surface area contributed by atoms with Crippen molar-refractivity contribution in [2.75, 3.05) is 6.61 Å². The number of esters is 1. The fraction of sp³-hybridized carbons (Fsp3) is 0.736. The SMILES string of the molecule is CC/C=C\C/C=C\C/C=C\C/C=C\C/C=C\C/C=C\CCC(=O)OC(CCCCCCCCCCCCC)CC(=O)NC(CO)C(O)CCCCCCCCCCCC.